The number of hydrogen-bond donors (Lipinski definition) is 1. The Labute approximate surface area is 202 Å². The molecule has 0 amide bonds. The Morgan fingerprint density at radius 3 is 2.26 bits per heavy atom. The van der Waals surface area contributed by atoms with E-state index in [-0.39, 0.29) is 5.97 Å². The van der Waals surface area contributed by atoms with Gasteiger partial charge in [-0.15, -0.1) is 0 Å². The number of nitrogens with one attached hydrogen (secondary N) is 1. The predicted octanol–water partition coefficient (Wildman–Crippen LogP) is 6.01. The molecule has 34 heavy (non-hydrogen) atoms. The maximum atomic E-state index is 12.9. The summed E-state index contributed by atoms with van der Waals surface area (Å²) in [5.41, 5.74) is 5.32. The molecule has 3 aromatic rings. The van der Waals surface area contributed by atoms with Gasteiger partial charge in [0.2, 0.25) is 0 Å². The fourth-order valence-corrected chi connectivity index (χ4v) is 4.03. The van der Waals surface area contributed by atoms with Crippen molar-refractivity contribution in [3.05, 3.63) is 89.5 Å². The van der Waals surface area contributed by atoms with E-state index in [9.17, 15) is 4.79 Å². The molecule has 1 fully saturated rings. The van der Waals surface area contributed by atoms with Gasteiger partial charge in [-0.05, 0) is 81.1 Å². The Morgan fingerprint density at radius 2 is 1.59 bits per heavy atom. The standard InChI is InChI=1S/C29H34N2O3/c1-29(2,3)34-28(32)26-16-11-23(10-9-22-7-5-4-6-8-22)21-27(26)30-24-12-14-25(15-13-24)31-17-19-33-20-18-31/h4-8,11-16,21,30H,9-10,17-20H2,1-3H3. The molecular weight excluding hydrogens is 424 g/mol. The zero-order valence-corrected chi connectivity index (χ0v) is 20.3. The Balaban J connectivity index is 1.54. The van der Waals surface area contributed by atoms with Crippen LogP contribution >= 0.6 is 0 Å². The molecule has 4 rings (SSSR count). The smallest absolute Gasteiger partial charge is 0.340 e. The number of morpholine rings is 1. The molecule has 0 radical (unpaired) electrons. The summed E-state index contributed by atoms with van der Waals surface area (Å²) in [6.07, 6.45) is 1.84. The lowest BCUT2D eigenvalue weighted by Gasteiger charge is -2.29. The topological polar surface area (TPSA) is 50.8 Å². The molecule has 0 bridgehead atoms. The summed E-state index contributed by atoms with van der Waals surface area (Å²) in [6.45, 7) is 8.98. The molecule has 5 heteroatoms. The van der Waals surface area contributed by atoms with Crippen LogP contribution in [0.2, 0.25) is 0 Å². The van der Waals surface area contributed by atoms with Crippen LogP contribution in [0.3, 0.4) is 0 Å². The molecule has 5 nitrogen and oxygen atoms in total. The fourth-order valence-electron chi connectivity index (χ4n) is 4.03. The first-order valence-electron chi connectivity index (χ1n) is 12.0. The monoisotopic (exact) mass is 458 g/mol. The number of anilines is 3. The summed E-state index contributed by atoms with van der Waals surface area (Å²) in [6, 6.07) is 24.7. The quantitative estimate of drug-likeness (QED) is 0.440. The summed E-state index contributed by atoms with van der Waals surface area (Å²) in [7, 11) is 0. The minimum atomic E-state index is -0.555. The number of carbonyl (C=O) groups is 1. The van der Waals surface area contributed by atoms with Gasteiger partial charge in [0, 0.05) is 24.5 Å². The summed E-state index contributed by atoms with van der Waals surface area (Å²) < 4.78 is 11.1. The molecule has 1 aliphatic heterocycles. The summed E-state index contributed by atoms with van der Waals surface area (Å²) >= 11 is 0. The van der Waals surface area contributed by atoms with Crippen LogP contribution in [0.15, 0.2) is 72.8 Å². The minimum Gasteiger partial charge on any atom is -0.456 e. The molecule has 0 atom stereocenters. The van der Waals surface area contributed by atoms with Gasteiger partial charge in [-0.2, -0.15) is 0 Å². The van der Waals surface area contributed by atoms with E-state index in [2.05, 4.69) is 64.8 Å². The van der Waals surface area contributed by atoms with Gasteiger partial charge in [0.05, 0.1) is 24.5 Å². The molecular formula is C29H34N2O3. The molecule has 0 unspecified atom stereocenters. The van der Waals surface area contributed by atoms with Gasteiger partial charge < -0.3 is 19.7 Å². The predicted molar refractivity (Wildman–Crippen MR) is 138 cm³/mol. The van der Waals surface area contributed by atoms with Crippen molar-refractivity contribution in [1.82, 2.24) is 0 Å². The SMILES string of the molecule is CC(C)(C)OC(=O)c1ccc(CCc2ccccc2)cc1Nc1ccc(N2CCOCC2)cc1. The van der Waals surface area contributed by atoms with Gasteiger partial charge in [0.1, 0.15) is 5.60 Å². The van der Waals surface area contributed by atoms with E-state index in [1.165, 1.54) is 16.8 Å². The van der Waals surface area contributed by atoms with Gasteiger partial charge >= 0.3 is 5.97 Å². The highest BCUT2D eigenvalue weighted by atomic mass is 16.6. The highest BCUT2D eigenvalue weighted by Crippen LogP contribution is 2.27. The van der Waals surface area contributed by atoms with Crippen molar-refractivity contribution in [2.24, 2.45) is 0 Å². The second kappa shape index (κ2) is 10.7. The van der Waals surface area contributed by atoms with E-state index >= 15 is 0 Å². The number of nitrogens with zero attached hydrogens (tertiary/aromatic N) is 1. The van der Waals surface area contributed by atoms with E-state index in [1.807, 2.05) is 39.0 Å². The minimum absolute atomic E-state index is 0.324. The zero-order chi connectivity index (χ0) is 24.0. The zero-order valence-electron chi connectivity index (χ0n) is 20.3. The summed E-state index contributed by atoms with van der Waals surface area (Å²) in [5, 5.41) is 3.46. The molecule has 1 aliphatic rings. The molecule has 3 aromatic carbocycles. The van der Waals surface area contributed by atoms with Crippen LogP contribution in [0, 0.1) is 0 Å². The van der Waals surface area contributed by atoms with Crippen LogP contribution in [0.5, 0.6) is 0 Å². The first-order valence-corrected chi connectivity index (χ1v) is 12.0. The number of esters is 1. The Kier molecular flexibility index (Phi) is 7.53. The van der Waals surface area contributed by atoms with E-state index in [1.54, 1.807) is 0 Å². The van der Waals surface area contributed by atoms with Crippen molar-refractivity contribution in [2.75, 3.05) is 36.5 Å². The van der Waals surface area contributed by atoms with Crippen LogP contribution in [-0.4, -0.2) is 37.9 Å². The third kappa shape index (κ3) is 6.61. The van der Waals surface area contributed by atoms with Crippen molar-refractivity contribution in [1.29, 1.82) is 0 Å². The third-order valence-electron chi connectivity index (χ3n) is 5.77. The van der Waals surface area contributed by atoms with E-state index in [0.717, 1.165) is 50.5 Å². The van der Waals surface area contributed by atoms with Crippen LogP contribution in [-0.2, 0) is 22.3 Å². The summed E-state index contributed by atoms with van der Waals surface area (Å²) in [4.78, 5) is 15.3. The lowest BCUT2D eigenvalue weighted by Crippen LogP contribution is -2.36. The largest absolute Gasteiger partial charge is 0.456 e. The number of rotatable bonds is 7. The van der Waals surface area contributed by atoms with Crippen LogP contribution < -0.4 is 10.2 Å². The van der Waals surface area contributed by atoms with E-state index in [4.69, 9.17) is 9.47 Å². The number of ether oxygens (including phenoxy) is 2. The van der Waals surface area contributed by atoms with Crippen LogP contribution in [0.1, 0.15) is 42.3 Å². The second-order valence-corrected chi connectivity index (χ2v) is 9.64. The van der Waals surface area contributed by atoms with Crippen LogP contribution in [0.25, 0.3) is 0 Å². The Hall–Kier alpha value is -3.31. The first kappa shape index (κ1) is 23.8. The van der Waals surface area contributed by atoms with Crippen molar-refractivity contribution in [2.45, 2.75) is 39.2 Å². The molecule has 0 aromatic heterocycles. The lowest BCUT2D eigenvalue weighted by molar-refractivity contribution is 0.00707. The molecule has 178 valence electrons. The average molecular weight is 459 g/mol. The van der Waals surface area contributed by atoms with Crippen LogP contribution in [0.4, 0.5) is 17.1 Å². The highest BCUT2D eigenvalue weighted by molar-refractivity contribution is 5.97. The molecule has 1 saturated heterocycles. The van der Waals surface area contributed by atoms with E-state index < -0.39 is 5.60 Å². The Morgan fingerprint density at radius 1 is 0.912 bits per heavy atom. The van der Waals surface area contributed by atoms with Crippen molar-refractivity contribution < 1.29 is 14.3 Å². The lowest BCUT2D eigenvalue weighted by atomic mass is 10.0. The molecule has 0 spiro atoms. The van der Waals surface area contributed by atoms with Crippen molar-refractivity contribution >= 4 is 23.0 Å². The number of benzene rings is 3. The second-order valence-electron chi connectivity index (χ2n) is 9.64. The molecule has 0 saturated carbocycles. The molecule has 1 heterocycles. The van der Waals surface area contributed by atoms with Crippen molar-refractivity contribution in [3.8, 4) is 0 Å². The first-order chi connectivity index (χ1) is 16.4. The maximum absolute atomic E-state index is 12.9. The van der Waals surface area contributed by atoms with Gasteiger partial charge in [-0.1, -0.05) is 36.4 Å². The van der Waals surface area contributed by atoms with Gasteiger partial charge in [0.15, 0.2) is 0 Å². The Bertz CT molecular complexity index is 1080. The van der Waals surface area contributed by atoms with E-state index in [0.29, 0.717) is 5.56 Å². The van der Waals surface area contributed by atoms with Gasteiger partial charge in [0.25, 0.3) is 0 Å². The molecule has 1 N–H and O–H groups in total. The number of aryl methyl sites for hydroxylation is 2. The number of carbonyl (C=O) groups excluding carboxylic acids is 1. The maximum Gasteiger partial charge on any atom is 0.340 e. The average Bonchev–Trinajstić information content (AvgIpc) is 2.83. The van der Waals surface area contributed by atoms with Gasteiger partial charge in [-0.25, -0.2) is 4.79 Å². The summed E-state index contributed by atoms with van der Waals surface area (Å²) in [5.74, 6) is -0.324. The molecule has 0 aliphatic carbocycles. The normalized spacial score (nSPS) is 14.0. The van der Waals surface area contributed by atoms with Crippen molar-refractivity contribution in [3.63, 3.8) is 0 Å². The van der Waals surface area contributed by atoms with Gasteiger partial charge in [-0.3, -0.25) is 0 Å². The fraction of sp³-hybridized carbons (Fsp3) is 0.345. The number of hydrogen-bond acceptors (Lipinski definition) is 5. The third-order valence-corrected chi connectivity index (χ3v) is 5.77. The highest BCUT2D eigenvalue weighted by Gasteiger charge is 2.21.